The van der Waals surface area contributed by atoms with E-state index in [1.54, 1.807) is 27.7 Å². The molecule has 3 heterocycles. The van der Waals surface area contributed by atoms with Crippen molar-refractivity contribution < 1.29 is 27.4 Å². The van der Waals surface area contributed by atoms with Gasteiger partial charge in [0, 0.05) is 30.1 Å². The largest absolute Gasteiger partial charge is 0.496 e. The predicted octanol–water partition coefficient (Wildman–Crippen LogP) is 5.09. The lowest BCUT2D eigenvalue weighted by molar-refractivity contribution is 0.00768. The number of carbonyl (C=O) groups is 1. The Morgan fingerprint density at radius 1 is 1.28 bits per heavy atom. The Bertz CT molecular complexity index is 1320. The number of carbonyl (C=O) groups excluding carboxylic acids is 1. The van der Waals surface area contributed by atoms with Crippen molar-refractivity contribution in [1.29, 1.82) is 0 Å². The van der Waals surface area contributed by atoms with Crippen molar-refractivity contribution in [2.45, 2.75) is 51.7 Å². The number of amides is 1. The summed E-state index contributed by atoms with van der Waals surface area (Å²) in [4.78, 5) is 21.7. The van der Waals surface area contributed by atoms with Gasteiger partial charge in [0.1, 0.15) is 35.0 Å². The molecule has 1 unspecified atom stereocenters. The van der Waals surface area contributed by atoms with Crippen LogP contribution in [0, 0.1) is 5.82 Å². The number of fused-ring (bicyclic) bond motifs is 1. The molecule has 0 aliphatic carbocycles. The van der Waals surface area contributed by atoms with Gasteiger partial charge in [0.15, 0.2) is 5.65 Å². The van der Waals surface area contributed by atoms with Crippen molar-refractivity contribution in [3.05, 3.63) is 40.1 Å². The molecule has 1 saturated heterocycles. The fourth-order valence-electron chi connectivity index (χ4n) is 4.27. The van der Waals surface area contributed by atoms with Crippen molar-refractivity contribution >= 4 is 34.5 Å². The molecule has 9 nitrogen and oxygen atoms in total. The molecule has 1 amide bonds. The van der Waals surface area contributed by atoms with Gasteiger partial charge in [0.2, 0.25) is 0 Å². The van der Waals surface area contributed by atoms with Crippen LogP contribution in [-0.4, -0.2) is 56.5 Å². The third-order valence-corrected chi connectivity index (χ3v) is 6.22. The molecular formula is C23H26ClF3N6O3. The summed E-state index contributed by atoms with van der Waals surface area (Å²) in [6.45, 7) is 7.33. The SMILES string of the molecule is COc1c(C(C)n2nc(C(F)F)c3c(N)ncnc32)cc(Cl)c(F)c1C1CN(C(=O)OC(C)(C)C)C1. The van der Waals surface area contributed by atoms with Gasteiger partial charge in [-0.2, -0.15) is 5.10 Å². The molecule has 1 aliphatic heterocycles. The first-order valence-corrected chi connectivity index (χ1v) is 11.5. The molecule has 1 fully saturated rings. The second kappa shape index (κ2) is 9.30. The minimum absolute atomic E-state index is 0.0567. The first-order chi connectivity index (χ1) is 16.8. The molecular weight excluding hydrogens is 501 g/mol. The molecule has 0 radical (unpaired) electrons. The third kappa shape index (κ3) is 4.49. The highest BCUT2D eigenvalue weighted by Gasteiger charge is 2.39. The van der Waals surface area contributed by atoms with E-state index in [1.807, 2.05) is 0 Å². The average molecular weight is 527 g/mol. The lowest BCUT2D eigenvalue weighted by Crippen LogP contribution is -2.50. The molecule has 1 aromatic carbocycles. The highest BCUT2D eigenvalue weighted by atomic mass is 35.5. The first-order valence-electron chi connectivity index (χ1n) is 11.1. The van der Waals surface area contributed by atoms with E-state index < -0.39 is 41.6 Å². The number of ether oxygens (including phenoxy) is 2. The second-order valence-corrected chi connectivity index (χ2v) is 9.96. The Hall–Kier alpha value is -3.28. The molecule has 4 rings (SSSR count). The molecule has 3 aromatic rings. The number of aromatic nitrogens is 4. The molecule has 0 spiro atoms. The molecule has 13 heteroatoms. The van der Waals surface area contributed by atoms with Crippen LogP contribution in [0.2, 0.25) is 5.02 Å². The van der Waals surface area contributed by atoms with Gasteiger partial charge >= 0.3 is 6.09 Å². The van der Waals surface area contributed by atoms with E-state index in [1.165, 1.54) is 22.8 Å². The molecule has 1 atom stereocenters. The lowest BCUT2D eigenvalue weighted by atomic mass is 9.88. The van der Waals surface area contributed by atoms with E-state index in [9.17, 15) is 13.6 Å². The van der Waals surface area contributed by atoms with Crippen LogP contribution < -0.4 is 10.5 Å². The van der Waals surface area contributed by atoms with Crippen LogP contribution in [0.1, 0.15) is 62.9 Å². The number of nitrogen functional groups attached to an aromatic ring is 1. The van der Waals surface area contributed by atoms with Crippen LogP contribution in [0.5, 0.6) is 5.75 Å². The Labute approximate surface area is 210 Å². The first kappa shape index (κ1) is 25.8. The molecule has 0 saturated carbocycles. The molecule has 0 bridgehead atoms. The summed E-state index contributed by atoms with van der Waals surface area (Å²) in [6, 6.07) is 0.622. The minimum Gasteiger partial charge on any atom is -0.496 e. The van der Waals surface area contributed by atoms with Crippen molar-refractivity contribution in [1.82, 2.24) is 24.6 Å². The van der Waals surface area contributed by atoms with E-state index in [0.717, 1.165) is 6.33 Å². The standard InChI is InChI=1S/C23H26ClF3N6O3/c1-10(33-21-15(17(31-33)19(26)27)20(28)29-9-30-21)12-6-13(24)16(25)14(18(12)35-5)11-7-32(8-11)22(34)36-23(2,3)4/h6,9-11,19H,7-8H2,1-5H3,(H2,28,29,30). The van der Waals surface area contributed by atoms with Crippen molar-refractivity contribution in [3.8, 4) is 5.75 Å². The molecule has 2 aromatic heterocycles. The number of hydrogen-bond donors (Lipinski definition) is 1. The summed E-state index contributed by atoms with van der Waals surface area (Å²) in [7, 11) is 1.37. The van der Waals surface area contributed by atoms with Crippen molar-refractivity contribution in [2.75, 3.05) is 25.9 Å². The molecule has 194 valence electrons. The second-order valence-electron chi connectivity index (χ2n) is 9.55. The highest BCUT2D eigenvalue weighted by Crippen LogP contribution is 2.44. The predicted molar refractivity (Wildman–Crippen MR) is 127 cm³/mol. The van der Waals surface area contributed by atoms with Gasteiger partial charge in [-0.25, -0.2) is 32.6 Å². The van der Waals surface area contributed by atoms with Crippen LogP contribution in [0.15, 0.2) is 12.4 Å². The van der Waals surface area contributed by atoms with Gasteiger partial charge in [0.05, 0.1) is 23.6 Å². The number of halogens is 4. The van der Waals surface area contributed by atoms with Crippen molar-refractivity contribution in [2.24, 2.45) is 0 Å². The van der Waals surface area contributed by atoms with Gasteiger partial charge in [-0.15, -0.1) is 0 Å². The number of nitrogens with two attached hydrogens (primary N) is 1. The summed E-state index contributed by atoms with van der Waals surface area (Å²) in [5, 5.41) is 3.82. The van der Waals surface area contributed by atoms with Gasteiger partial charge in [-0.1, -0.05) is 11.6 Å². The third-order valence-electron chi connectivity index (χ3n) is 5.95. The molecule has 1 aliphatic rings. The number of alkyl halides is 2. The average Bonchev–Trinajstić information content (AvgIpc) is 3.15. The van der Waals surface area contributed by atoms with Crippen LogP contribution in [-0.2, 0) is 4.74 Å². The number of anilines is 1. The van der Waals surface area contributed by atoms with E-state index in [4.69, 9.17) is 26.8 Å². The zero-order valence-corrected chi connectivity index (χ0v) is 21.1. The lowest BCUT2D eigenvalue weighted by Gasteiger charge is -2.40. The number of nitrogens with zero attached hydrogens (tertiary/aromatic N) is 5. The summed E-state index contributed by atoms with van der Waals surface area (Å²) >= 11 is 6.26. The fraction of sp³-hybridized carbons (Fsp3) is 0.478. The van der Waals surface area contributed by atoms with Crippen LogP contribution >= 0.6 is 11.6 Å². The summed E-state index contributed by atoms with van der Waals surface area (Å²) in [6.07, 6.45) is -2.27. The Kier molecular flexibility index (Phi) is 6.67. The maximum absolute atomic E-state index is 15.3. The fourth-order valence-corrected chi connectivity index (χ4v) is 4.48. The van der Waals surface area contributed by atoms with Gasteiger partial charge in [0.25, 0.3) is 6.43 Å². The Morgan fingerprint density at radius 3 is 2.53 bits per heavy atom. The van der Waals surface area contributed by atoms with E-state index in [-0.39, 0.29) is 46.3 Å². The van der Waals surface area contributed by atoms with E-state index in [0.29, 0.717) is 5.56 Å². The monoisotopic (exact) mass is 526 g/mol. The maximum Gasteiger partial charge on any atom is 0.410 e. The van der Waals surface area contributed by atoms with Crippen molar-refractivity contribution in [3.63, 3.8) is 0 Å². The van der Waals surface area contributed by atoms with Gasteiger partial charge < -0.3 is 20.1 Å². The van der Waals surface area contributed by atoms with Gasteiger partial charge in [-0.3, -0.25) is 0 Å². The quantitative estimate of drug-likeness (QED) is 0.493. The summed E-state index contributed by atoms with van der Waals surface area (Å²) in [5.41, 5.74) is 5.29. The number of methoxy groups -OCH3 is 1. The number of benzene rings is 1. The van der Waals surface area contributed by atoms with Crippen LogP contribution in [0.4, 0.5) is 23.8 Å². The zero-order valence-electron chi connectivity index (χ0n) is 20.4. The topological polar surface area (TPSA) is 108 Å². The Balaban J connectivity index is 1.75. The highest BCUT2D eigenvalue weighted by molar-refractivity contribution is 6.31. The number of rotatable bonds is 5. The molecule has 36 heavy (non-hydrogen) atoms. The van der Waals surface area contributed by atoms with E-state index in [2.05, 4.69) is 15.1 Å². The zero-order chi connectivity index (χ0) is 26.5. The Morgan fingerprint density at radius 2 is 1.94 bits per heavy atom. The van der Waals surface area contributed by atoms with Crippen LogP contribution in [0.3, 0.4) is 0 Å². The number of hydrogen-bond acceptors (Lipinski definition) is 7. The number of likely N-dealkylation sites (tertiary alicyclic amines) is 1. The maximum atomic E-state index is 15.3. The van der Waals surface area contributed by atoms with E-state index >= 15 is 4.39 Å². The molecule has 2 N–H and O–H groups in total. The summed E-state index contributed by atoms with van der Waals surface area (Å²) in [5.74, 6) is -1.04. The normalized spacial score (nSPS) is 15.3. The minimum atomic E-state index is -2.92. The van der Waals surface area contributed by atoms with Crippen LogP contribution in [0.25, 0.3) is 11.0 Å². The van der Waals surface area contributed by atoms with Gasteiger partial charge in [-0.05, 0) is 33.8 Å². The smallest absolute Gasteiger partial charge is 0.410 e. The summed E-state index contributed by atoms with van der Waals surface area (Å²) < 4.78 is 54.9.